The number of carboxylic acid groups (broad SMARTS) is 1. The number of aliphatic carboxylic acids is 1. The van der Waals surface area contributed by atoms with E-state index in [1.807, 2.05) is 6.26 Å². The van der Waals surface area contributed by atoms with Gasteiger partial charge in [0.05, 0.1) is 0 Å². The zero-order valence-corrected chi connectivity index (χ0v) is 12.7. The normalized spacial score (nSPS) is 20.6. The first-order valence-electron chi connectivity index (χ1n) is 6.76. The molecule has 0 radical (unpaired) electrons. The first-order valence-corrected chi connectivity index (χ1v) is 8.15. The van der Waals surface area contributed by atoms with Crippen LogP contribution < -0.4 is 5.32 Å². The first-order chi connectivity index (χ1) is 8.97. The monoisotopic (exact) mass is 288 g/mol. The molecule has 6 heteroatoms. The van der Waals surface area contributed by atoms with E-state index in [-0.39, 0.29) is 12.1 Å². The number of nitrogens with zero attached hydrogens (tertiary/aromatic N) is 1. The van der Waals surface area contributed by atoms with Crippen molar-refractivity contribution in [3.8, 4) is 0 Å². The van der Waals surface area contributed by atoms with E-state index in [1.54, 1.807) is 16.7 Å². The van der Waals surface area contributed by atoms with Crippen molar-refractivity contribution < 1.29 is 14.7 Å². The molecular formula is C13H24N2O3S. The van der Waals surface area contributed by atoms with Crippen molar-refractivity contribution in [1.82, 2.24) is 10.2 Å². The highest BCUT2D eigenvalue weighted by atomic mass is 32.2. The molecule has 1 saturated heterocycles. The Morgan fingerprint density at radius 1 is 1.47 bits per heavy atom. The van der Waals surface area contributed by atoms with Gasteiger partial charge in [-0.05, 0) is 37.2 Å². The van der Waals surface area contributed by atoms with E-state index in [0.717, 1.165) is 25.1 Å². The number of carbonyl (C=O) groups is 2. The summed E-state index contributed by atoms with van der Waals surface area (Å²) >= 11 is 1.58. The molecule has 1 fully saturated rings. The van der Waals surface area contributed by atoms with E-state index in [0.29, 0.717) is 12.3 Å². The number of hydrogen-bond donors (Lipinski definition) is 2. The Bertz CT molecular complexity index is 323. The number of nitrogens with one attached hydrogen (secondary N) is 1. The minimum absolute atomic E-state index is 0.231. The van der Waals surface area contributed by atoms with Gasteiger partial charge in [-0.15, -0.1) is 0 Å². The molecule has 1 rings (SSSR count). The predicted molar refractivity (Wildman–Crippen MR) is 77.5 cm³/mol. The number of urea groups is 1. The average Bonchev–Trinajstić information content (AvgIpc) is 2.83. The molecule has 2 atom stereocenters. The Morgan fingerprint density at radius 3 is 2.68 bits per heavy atom. The number of rotatable bonds is 6. The average molecular weight is 288 g/mol. The van der Waals surface area contributed by atoms with Gasteiger partial charge in [0.25, 0.3) is 0 Å². The summed E-state index contributed by atoms with van der Waals surface area (Å²) in [6, 6.07) is -0.784. The van der Waals surface area contributed by atoms with Crippen LogP contribution in [0, 0.1) is 5.92 Å². The molecule has 0 aromatic rings. The Hall–Kier alpha value is -0.910. The van der Waals surface area contributed by atoms with E-state index < -0.39 is 12.0 Å². The molecule has 110 valence electrons. The molecule has 2 N–H and O–H groups in total. The topological polar surface area (TPSA) is 69.6 Å². The van der Waals surface area contributed by atoms with Crippen molar-refractivity contribution in [2.24, 2.45) is 5.92 Å². The number of likely N-dealkylation sites (tertiary alicyclic amines) is 1. The quantitative estimate of drug-likeness (QED) is 0.784. The minimum atomic E-state index is -0.956. The summed E-state index contributed by atoms with van der Waals surface area (Å²) < 4.78 is 0. The van der Waals surface area contributed by atoms with E-state index in [1.165, 1.54) is 0 Å². The lowest BCUT2D eigenvalue weighted by atomic mass is 10.0. The third-order valence-corrected chi connectivity index (χ3v) is 4.18. The molecule has 5 nitrogen and oxygen atoms in total. The second kappa shape index (κ2) is 7.62. The second-order valence-corrected chi connectivity index (χ2v) is 6.25. The predicted octanol–water partition coefficient (Wildman–Crippen LogP) is 2.02. The van der Waals surface area contributed by atoms with Gasteiger partial charge in [-0.3, -0.25) is 0 Å². The smallest absolute Gasteiger partial charge is 0.326 e. The molecule has 1 aliphatic rings. The minimum Gasteiger partial charge on any atom is -0.480 e. The number of hydrogen-bond acceptors (Lipinski definition) is 3. The molecule has 0 aliphatic carbocycles. The fourth-order valence-electron chi connectivity index (χ4n) is 2.46. The molecule has 1 unspecified atom stereocenters. The fraction of sp³-hybridized carbons (Fsp3) is 0.846. The van der Waals surface area contributed by atoms with Gasteiger partial charge in [0.1, 0.15) is 6.04 Å². The third kappa shape index (κ3) is 4.60. The lowest BCUT2D eigenvalue weighted by Crippen LogP contribution is -2.50. The molecule has 0 aromatic heterocycles. The molecule has 0 saturated carbocycles. The molecule has 2 amide bonds. The Labute approximate surface area is 119 Å². The summed E-state index contributed by atoms with van der Waals surface area (Å²) in [6.45, 7) is 4.92. The highest BCUT2D eigenvalue weighted by Gasteiger charge is 2.32. The van der Waals surface area contributed by atoms with Gasteiger partial charge in [0.2, 0.25) is 0 Å². The Kier molecular flexibility index (Phi) is 6.48. The molecule has 1 heterocycles. The zero-order chi connectivity index (χ0) is 14.4. The summed E-state index contributed by atoms with van der Waals surface area (Å²) in [5.41, 5.74) is 0. The molecule has 0 spiro atoms. The van der Waals surface area contributed by atoms with Gasteiger partial charge in [-0.25, -0.2) is 9.59 Å². The van der Waals surface area contributed by atoms with Gasteiger partial charge in [-0.2, -0.15) is 11.8 Å². The van der Waals surface area contributed by atoms with Crippen molar-refractivity contribution in [1.29, 1.82) is 0 Å². The standard InChI is InChI=1S/C13H24N2O3S/c1-9(2)11-5-4-7-15(11)13(18)14-10(12(16)17)6-8-19-3/h9-11H,4-8H2,1-3H3,(H,14,18)(H,16,17)/t10-,11?/m1/s1. The lowest BCUT2D eigenvalue weighted by molar-refractivity contribution is -0.139. The van der Waals surface area contributed by atoms with Crippen LogP contribution in [0.15, 0.2) is 0 Å². The maximum atomic E-state index is 12.2. The van der Waals surface area contributed by atoms with Crippen molar-refractivity contribution in [3.05, 3.63) is 0 Å². The number of carboxylic acids is 1. The largest absolute Gasteiger partial charge is 0.480 e. The van der Waals surface area contributed by atoms with Crippen LogP contribution in [0.25, 0.3) is 0 Å². The van der Waals surface area contributed by atoms with Crippen LogP contribution in [0.2, 0.25) is 0 Å². The lowest BCUT2D eigenvalue weighted by Gasteiger charge is -2.29. The van der Waals surface area contributed by atoms with Gasteiger partial charge in [0.15, 0.2) is 0 Å². The summed E-state index contributed by atoms with van der Waals surface area (Å²) in [7, 11) is 0. The van der Waals surface area contributed by atoms with Crippen LogP contribution in [-0.4, -0.2) is 52.6 Å². The fourth-order valence-corrected chi connectivity index (χ4v) is 2.93. The number of amides is 2. The van der Waals surface area contributed by atoms with Crippen molar-refractivity contribution in [3.63, 3.8) is 0 Å². The van der Waals surface area contributed by atoms with Crippen molar-refractivity contribution in [2.75, 3.05) is 18.6 Å². The van der Waals surface area contributed by atoms with Gasteiger partial charge >= 0.3 is 12.0 Å². The Balaban J connectivity index is 2.58. The molecule has 0 bridgehead atoms. The molecule has 1 aliphatic heterocycles. The van der Waals surface area contributed by atoms with E-state index in [4.69, 9.17) is 5.11 Å². The van der Waals surface area contributed by atoms with Crippen molar-refractivity contribution >= 4 is 23.8 Å². The summed E-state index contributed by atoms with van der Waals surface area (Å²) in [6.07, 6.45) is 4.39. The van der Waals surface area contributed by atoms with Crippen LogP contribution in [0.1, 0.15) is 33.1 Å². The maximum Gasteiger partial charge on any atom is 0.326 e. The SMILES string of the molecule is CSCC[C@@H](NC(=O)N1CCCC1C(C)C)C(=O)O. The maximum absolute atomic E-state index is 12.2. The molecule has 19 heavy (non-hydrogen) atoms. The first kappa shape index (κ1) is 16.1. The zero-order valence-electron chi connectivity index (χ0n) is 11.9. The van der Waals surface area contributed by atoms with Crippen LogP contribution in [0.3, 0.4) is 0 Å². The highest BCUT2D eigenvalue weighted by molar-refractivity contribution is 7.98. The highest BCUT2D eigenvalue weighted by Crippen LogP contribution is 2.23. The number of thioether (sulfide) groups is 1. The summed E-state index contributed by atoms with van der Waals surface area (Å²) in [5.74, 6) is 0.177. The van der Waals surface area contributed by atoms with Crippen LogP contribution in [0.4, 0.5) is 4.79 Å². The summed E-state index contributed by atoms with van der Waals surface area (Å²) in [4.78, 5) is 25.1. The third-order valence-electron chi connectivity index (χ3n) is 3.54. The van der Waals surface area contributed by atoms with Gasteiger partial charge in [0, 0.05) is 12.6 Å². The summed E-state index contributed by atoms with van der Waals surface area (Å²) in [5, 5.41) is 11.8. The molecule has 0 aromatic carbocycles. The van der Waals surface area contributed by atoms with E-state index in [2.05, 4.69) is 19.2 Å². The second-order valence-electron chi connectivity index (χ2n) is 5.27. The van der Waals surface area contributed by atoms with Crippen LogP contribution in [-0.2, 0) is 4.79 Å². The van der Waals surface area contributed by atoms with Gasteiger partial charge in [-0.1, -0.05) is 13.8 Å². The van der Waals surface area contributed by atoms with Crippen LogP contribution in [0.5, 0.6) is 0 Å². The number of carbonyl (C=O) groups excluding carboxylic acids is 1. The molecular weight excluding hydrogens is 264 g/mol. The van der Waals surface area contributed by atoms with Crippen LogP contribution >= 0.6 is 11.8 Å². The Morgan fingerprint density at radius 2 is 2.16 bits per heavy atom. The van der Waals surface area contributed by atoms with E-state index in [9.17, 15) is 9.59 Å². The van der Waals surface area contributed by atoms with E-state index >= 15 is 0 Å². The van der Waals surface area contributed by atoms with Gasteiger partial charge < -0.3 is 15.3 Å². The van der Waals surface area contributed by atoms with Crippen molar-refractivity contribution in [2.45, 2.75) is 45.2 Å².